The highest BCUT2D eigenvalue weighted by atomic mass is 16.5. The first kappa shape index (κ1) is 13.0. The molecule has 18 heavy (non-hydrogen) atoms. The minimum absolute atomic E-state index is 0.229. The Balaban J connectivity index is 2.04. The van der Waals surface area contributed by atoms with Crippen LogP contribution in [0.4, 0.5) is 0 Å². The molecule has 1 aliphatic heterocycles. The lowest BCUT2D eigenvalue weighted by Gasteiger charge is -2.37. The summed E-state index contributed by atoms with van der Waals surface area (Å²) in [5, 5.41) is 3.18. The SMILES string of the molecule is CCCN(CC(=O)n1oc(C)cc1=O)C1CNC1. The summed E-state index contributed by atoms with van der Waals surface area (Å²) in [4.78, 5) is 25.6. The van der Waals surface area contributed by atoms with Gasteiger partial charge in [-0.1, -0.05) is 6.92 Å². The number of nitrogens with one attached hydrogen (secondary N) is 1. The first-order chi connectivity index (χ1) is 8.61. The topological polar surface area (TPSA) is 67.5 Å². The van der Waals surface area contributed by atoms with Crippen LogP contribution in [-0.2, 0) is 0 Å². The Labute approximate surface area is 106 Å². The molecule has 100 valence electrons. The number of carbonyl (C=O) groups is 1. The predicted molar refractivity (Wildman–Crippen MR) is 66.9 cm³/mol. The fraction of sp³-hybridized carbons (Fsp3) is 0.667. The number of aromatic nitrogens is 1. The zero-order chi connectivity index (χ0) is 13.1. The van der Waals surface area contributed by atoms with Gasteiger partial charge in [0.05, 0.1) is 6.54 Å². The summed E-state index contributed by atoms with van der Waals surface area (Å²) in [6, 6.07) is 1.72. The highest BCUT2D eigenvalue weighted by molar-refractivity contribution is 5.79. The Morgan fingerprint density at radius 2 is 2.33 bits per heavy atom. The monoisotopic (exact) mass is 253 g/mol. The predicted octanol–water partition coefficient (Wildman–Crippen LogP) is 0.0737. The van der Waals surface area contributed by atoms with Crippen LogP contribution < -0.4 is 10.9 Å². The lowest BCUT2D eigenvalue weighted by molar-refractivity contribution is 0.0638. The Morgan fingerprint density at radius 3 is 2.78 bits per heavy atom. The van der Waals surface area contributed by atoms with Crippen molar-refractivity contribution in [2.24, 2.45) is 0 Å². The number of hydrogen-bond donors (Lipinski definition) is 1. The van der Waals surface area contributed by atoms with Crippen molar-refractivity contribution in [2.75, 3.05) is 26.2 Å². The van der Waals surface area contributed by atoms with Gasteiger partial charge in [0.25, 0.3) is 11.5 Å². The van der Waals surface area contributed by atoms with Crippen molar-refractivity contribution in [1.29, 1.82) is 0 Å². The molecule has 1 saturated heterocycles. The molecule has 0 amide bonds. The number of hydrogen-bond acceptors (Lipinski definition) is 5. The highest BCUT2D eigenvalue weighted by Gasteiger charge is 2.26. The summed E-state index contributed by atoms with van der Waals surface area (Å²) in [5.74, 6) is 0.161. The quantitative estimate of drug-likeness (QED) is 0.804. The van der Waals surface area contributed by atoms with E-state index in [-0.39, 0.29) is 18.0 Å². The van der Waals surface area contributed by atoms with E-state index in [0.29, 0.717) is 11.8 Å². The van der Waals surface area contributed by atoms with Crippen molar-refractivity contribution in [3.05, 3.63) is 22.2 Å². The summed E-state index contributed by atoms with van der Waals surface area (Å²) >= 11 is 0. The van der Waals surface area contributed by atoms with Crippen molar-refractivity contribution >= 4 is 5.91 Å². The molecule has 0 unspecified atom stereocenters. The van der Waals surface area contributed by atoms with Gasteiger partial charge >= 0.3 is 0 Å². The molecule has 0 saturated carbocycles. The van der Waals surface area contributed by atoms with Gasteiger partial charge < -0.3 is 9.84 Å². The molecule has 0 spiro atoms. The molecule has 0 aromatic carbocycles. The van der Waals surface area contributed by atoms with E-state index in [1.807, 2.05) is 0 Å². The third-order valence-electron chi connectivity index (χ3n) is 3.11. The number of nitrogens with zero attached hydrogens (tertiary/aromatic N) is 2. The maximum Gasteiger partial charge on any atom is 0.290 e. The molecular formula is C12H19N3O3. The lowest BCUT2D eigenvalue weighted by atomic mass is 10.1. The summed E-state index contributed by atoms with van der Waals surface area (Å²) in [6.07, 6.45) is 0.982. The van der Waals surface area contributed by atoms with E-state index < -0.39 is 0 Å². The van der Waals surface area contributed by atoms with E-state index in [4.69, 9.17) is 4.52 Å². The largest absolute Gasteiger partial charge is 0.373 e. The van der Waals surface area contributed by atoms with E-state index in [1.54, 1.807) is 6.92 Å². The van der Waals surface area contributed by atoms with Crippen LogP contribution in [0, 0.1) is 6.92 Å². The van der Waals surface area contributed by atoms with Gasteiger partial charge in [0.2, 0.25) is 0 Å². The van der Waals surface area contributed by atoms with Crippen molar-refractivity contribution in [2.45, 2.75) is 26.3 Å². The van der Waals surface area contributed by atoms with Crippen LogP contribution in [0.5, 0.6) is 0 Å². The van der Waals surface area contributed by atoms with Crippen LogP contribution in [0.15, 0.2) is 15.4 Å². The van der Waals surface area contributed by atoms with E-state index in [9.17, 15) is 9.59 Å². The lowest BCUT2D eigenvalue weighted by Crippen LogP contribution is -2.58. The van der Waals surface area contributed by atoms with Gasteiger partial charge in [0.1, 0.15) is 5.76 Å². The molecule has 0 aliphatic carbocycles. The second-order valence-electron chi connectivity index (χ2n) is 4.66. The molecule has 2 heterocycles. The smallest absolute Gasteiger partial charge is 0.290 e. The maximum atomic E-state index is 12.0. The summed E-state index contributed by atoms with van der Waals surface area (Å²) in [7, 11) is 0. The van der Waals surface area contributed by atoms with E-state index in [2.05, 4.69) is 17.1 Å². The van der Waals surface area contributed by atoms with Gasteiger partial charge in [-0.05, 0) is 19.9 Å². The fourth-order valence-electron chi connectivity index (χ4n) is 2.07. The van der Waals surface area contributed by atoms with Gasteiger partial charge in [0, 0.05) is 25.2 Å². The summed E-state index contributed by atoms with van der Waals surface area (Å²) < 4.78 is 5.95. The van der Waals surface area contributed by atoms with Crippen LogP contribution in [0.2, 0.25) is 0 Å². The van der Waals surface area contributed by atoms with Gasteiger partial charge in [-0.25, -0.2) is 0 Å². The van der Waals surface area contributed by atoms with E-state index >= 15 is 0 Å². The molecule has 1 aliphatic rings. The van der Waals surface area contributed by atoms with E-state index in [1.165, 1.54) is 6.07 Å². The third kappa shape index (κ3) is 2.70. The van der Waals surface area contributed by atoms with Crippen LogP contribution in [0.1, 0.15) is 23.9 Å². The average Bonchev–Trinajstić information content (AvgIpc) is 2.55. The Kier molecular flexibility index (Phi) is 3.98. The third-order valence-corrected chi connectivity index (χ3v) is 3.11. The molecule has 0 atom stereocenters. The molecular weight excluding hydrogens is 234 g/mol. The highest BCUT2D eigenvalue weighted by Crippen LogP contribution is 2.06. The average molecular weight is 253 g/mol. The molecule has 6 nitrogen and oxygen atoms in total. The Morgan fingerprint density at radius 1 is 1.61 bits per heavy atom. The van der Waals surface area contributed by atoms with Crippen LogP contribution in [0.3, 0.4) is 0 Å². The second-order valence-corrected chi connectivity index (χ2v) is 4.66. The molecule has 1 aromatic heterocycles. The standard InChI is InChI=1S/C12H19N3O3/c1-3-4-14(10-6-13-7-10)8-12(17)15-11(16)5-9(2)18-15/h5,10,13H,3-4,6-8H2,1-2H3. The zero-order valence-corrected chi connectivity index (χ0v) is 10.8. The number of carbonyl (C=O) groups excluding carboxylic acids is 1. The van der Waals surface area contributed by atoms with Crippen molar-refractivity contribution in [3.63, 3.8) is 0 Å². The van der Waals surface area contributed by atoms with Crippen molar-refractivity contribution in [3.8, 4) is 0 Å². The second kappa shape index (κ2) is 5.49. The zero-order valence-electron chi connectivity index (χ0n) is 10.8. The first-order valence-electron chi connectivity index (χ1n) is 6.29. The molecule has 1 N–H and O–H groups in total. The first-order valence-corrected chi connectivity index (χ1v) is 6.29. The van der Waals surface area contributed by atoms with Gasteiger partial charge in [-0.15, -0.1) is 4.74 Å². The van der Waals surface area contributed by atoms with Crippen LogP contribution in [-0.4, -0.2) is 47.8 Å². The number of rotatable bonds is 5. The summed E-state index contributed by atoms with van der Waals surface area (Å²) in [6.45, 7) is 6.62. The minimum atomic E-state index is -0.388. The van der Waals surface area contributed by atoms with Crippen molar-refractivity contribution in [1.82, 2.24) is 15.0 Å². The van der Waals surface area contributed by atoms with Gasteiger partial charge in [-0.3, -0.25) is 14.5 Å². The molecule has 1 fully saturated rings. The Hall–Kier alpha value is -1.40. The molecule has 6 heteroatoms. The number of aryl methyl sites for hydroxylation is 1. The van der Waals surface area contributed by atoms with Crippen molar-refractivity contribution < 1.29 is 9.32 Å². The van der Waals surface area contributed by atoms with Crippen LogP contribution >= 0.6 is 0 Å². The van der Waals surface area contributed by atoms with Gasteiger partial charge in [0.15, 0.2) is 0 Å². The van der Waals surface area contributed by atoms with Gasteiger partial charge in [-0.2, -0.15) is 0 Å². The Bertz CT molecular complexity index is 473. The van der Waals surface area contributed by atoms with Crippen LogP contribution in [0.25, 0.3) is 0 Å². The van der Waals surface area contributed by atoms with E-state index in [0.717, 1.165) is 30.8 Å². The minimum Gasteiger partial charge on any atom is -0.373 e. The maximum absolute atomic E-state index is 12.0. The molecule has 2 rings (SSSR count). The summed E-state index contributed by atoms with van der Waals surface area (Å²) in [5.41, 5.74) is -0.388. The molecule has 1 aromatic rings. The molecule has 0 bridgehead atoms. The normalized spacial score (nSPS) is 15.9. The molecule has 0 radical (unpaired) electrons. The fourth-order valence-corrected chi connectivity index (χ4v) is 2.07.